The van der Waals surface area contributed by atoms with Gasteiger partial charge in [-0.2, -0.15) is 0 Å². The van der Waals surface area contributed by atoms with Crippen molar-refractivity contribution in [1.29, 1.82) is 0 Å². The molecule has 0 fully saturated rings. The van der Waals surface area contributed by atoms with Crippen molar-refractivity contribution in [3.8, 4) is 0 Å². The molecule has 0 heterocycles. The van der Waals surface area contributed by atoms with Gasteiger partial charge in [0.25, 0.3) is 0 Å². The highest BCUT2D eigenvalue weighted by Crippen LogP contribution is 2.37. The van der Waals surface area contributed by atoms with Crippen LogP contribution < -0.4 is 0 Å². The zero-order chi connectivity index (χ0) is 12.1. The molecule has 0 aliphatic heterocycles. The molecule has 0 saturated heterocycles. The molecular weight excluding hydrogens is 192 g/mol. The topological polar surface area (TPSA) is 60.7 Å². The molecule has 3 nitrogen and oxygen atoms in total. The highest BCUT2D eigenvalue weighted by molar-refractivity contribution is 5.08. The van der Waals surface area contributed by atoms with Crippen LogP contribution in [0.5, 0.6) is 0 Å². The lowest BCUT2D eigenvalue weighted by atomic mass is 9.70. The van der Waals surface area contributed by atoms with E-state index in [4.69, 9.17) is 0 Å². The lowest BCUT2D eigenvalue weighted by Gasteiger charge is -2.45. The number of aliphatic hydroxyl groups is 3. The summed E-state index contributed by atoms with van der Waals surface area (Å²) in [6, 6.07) is 0. The van der Waals surface area contributed by atoms with Gasteiger partial charge < -0.3 is 15.3 Å². The number of hydrogen-bond donors (Lipinski definition) is 3. The van der Waals surface area contributed by atoms with Gasteiger partial charge in [0.15, 0.2) is 0 Å². The SMILES string of the molecule is CC[CH]C(O)(C(CC)CO)C(C)(O)CC. The molecule has 91 valence electrons. The summed E-state index contributed by atoms with van der Waals surface area (Å²) in [6.45, 7) is 7.16. The highest BCUT2D eigenvalue weighted by atomic mass is 16.4. The van der Waals surface area contributed by atoms with E-state index in [1.165, 1.54) is 0 Å². The molecule has 0 aromatic heterocycles. The summed E-state index contributed by atoms with van der Waals surface area (Å²) in [7, 11) is 0. The number of rotatable bonds is 7. The first-order chi connectivity index (χ1) is 6.89. The van der Waals surface area contributed by atoms with E-state index in [1.54, 1.807) is 13.3 Å². The summed E-state index contributed by atoms with van der Waals surface area (Å²) < 4.78 is 0. The Labute approximate surface area is 93.1 Å². The molecule has 3 unspecified atom stereocenters. The summed E-state index contributed by atoms with van der Waals surface area (Å²) in [6.07, 6.45) is 3.47. The van der Waals surface area contributed by atoms with Crippen LogP contribution in [0.25, 0.3) is 0 Å². The predicted octanol–water partition coefficient (Wildman–Crippen LogP) is 1.51. The van der Waals surface area contributed by atoms with E-state index in [0.717, 1.165) is 0 Å². The molecule has 3 atom stereocenters. The fourth-order valence-corrected chi connectivity index (χ4v) is 2.00. The zero-order valence-electron chi connectivity index (χ0n) is 10.3. The zero-order valence-corrected chi connectivity index (χ0v) is 10.3. The Morgan fingerprint density at radius 2 is 1.73 bits per heavy atom. The number of hydrogen-bond acceptors (Lipinski definition) is 3. The Bertz CT molecular complexity index is 176. The Morgan fingerprint density at radius 3 is 2.00 bits per heavy atom. The van der Waals surface area contributed by atoms with Crippen LogP contribution in [0.2, 0.25) is 0 Å². The third-order valence-electron chi connectivity index (χ3n) is 3.40. The first-order valence-electron chi connectivity index (χ1n) is 5.79. The maximum Gasteiger partial charge on any atom is 0.101 e. The fourth-order valence-electron chi connectivity index (χ4n) is 2.00. The van der Waals surface area contributed by atoms with E-state index in [2.05, 4.69) is 0 Å². The quantitative estimate of drug-likeness (QED) is 0.606. The average Bonchev–Trinajstić information content (AvgIpc) is 2.19. The van der Waals surface area contributed by atoms with Crippen LogP contribution in [0.1, 0.15) is 47.0 Å². The van der Waals surface area contributed by atoms with Crippen LogP contribution in [0, 0.1) is 12.3 Å². The summed E-state index contributed by atoms with van der Waals surface area (Å²) in [5.74, 6) is -0.313. The summed E-state index contributed by atoms with van der Waals surface area (Å²) in [5.41, 5.74) is -2.49. The fraction of sp³-hybridized carbons (Fsp3) is 0.917. The van der Waals surface area contributed by atoms with Crippen molar-refractivity contribution in [1.82, 2.24) is 0 Å². The molecule has 0 aliphatic carbocycles. The minimum Gasteiger partial charge on any atom is -0.396 e. The molecule has 1 radical (unpaired) electrons. The van der Waals surface area contributed by atoms with E-state index in [-0.39, 0.29) is 12.5 Å². The summed E-state index contributed by atoms with van der Waals surface area (Å²) >= 11 is 0. The van der Waals surface area contributed by atoms with Crippen molar-refractivity contribution in [2.24, 2.45) is 5.92 Å². The lowest BCUT2D eigenvalue weighted by molar-refractivity contribution is -0.163. The van der Waals surface area contributed by atoms with Crippen LogP contribution in [-0.4, -0.2) is 33.1 Å². The van der Waals surface area contributed by atoms with Gasteiger partial charge in [-0.1, -0.05) is 27.2 Å². The van der Waals surface area contributed by atoms with E-state index in [9.17, 15) is 15.3 Å². The van der Waals surface area contributed by atoms with Gasteiger partial charge in [-0.25, -0.2) is 0 Å². The molecule has 0 rings (SSSR count). The Balaban J connectivity index is 5.02. The molecule has 0 bridgehead atoms. The molecule has 3 heteroatoms. The molecule has 3 N–H and O–H groups in total. The predicted molar refractivity (Wildman–Crippen MR) is 61.3 cm³/mol. The van der Waals surface area contributed by atoms with E-state index < -0.39 is 11.2 Å². The smallest absolute Gasteiger partial charge is 0.101 e. The standard InChI is InChI=1S/C12H25O3/c1-5-8-12(15,10(6-2)9-13)11(4,14)7-3/h8,10,13-15H,5-7,9H2,1-4H3. The largest absolute Gasteiger partial charge is 0.396 e. The first-order valence-corrected chi connectivity index (χ1v) is 5.79. The second-order valence-corrected chi connectivity index (χ2v) is 4.35. The van der Waals surface area contributed by atoms with E-state index >= 15 is 0 Å². The molecule has 0 amide bonds. The Morgan fingerprint density at radius 1 is 1.20 bits per heavy atom. The Kier molecular flexibility index (Phi) is 5.78. The van der Waals surface area contributed by atoms with Crippen LogP contribution in [0.4, 0.5) is 0 Å². The maximum atomic E-state index is 10.5. The minimum absolute atomic E-state index is 0.111. The van der Waals surface area contributed by atoms with E-state index in [1.807, 2.05) is 20.8 Å². The van der Waals surface area contributed by atoms with Crippen molar-refractivity contribution < 1.29 is 15.3 Å². The highest BCUT2D eigenvalue weighted by Gasteiger charge is 2.48. The van der Waals surface area contributed by atoms with E-state index in [0.29, 0.717) is 19.3 Å². The first kappa shape index (κ1) is 14.9. The van der Waals surface area contributed by atoms with Crippen molar-refractivity contribution in [2.45, 2.75) is 58.2 Å². The molecular formula is C12H25O3. The van der Waals surface area contributed by atoms with Gasteiger partial charge in [0.05, 0.1) is 5.60 Å². The van der Waals surface area contributed by atoms with Gasteiger partial charge in [-0.15, -0.1) is 0 Å². The third-order valence-corrected chi connectivity index (χ3v) is 3.40. The second kappa shape index (κ2) is 5.83. The molecule has 15 heavy (non-hydrogen) atoms. The van der Waals surface area contributed by atoms with Crippen molar-refractivity contribution >= 4 is 0 Å². The second-order valence-electron chi connectivity index (χ2n) is 4.35. The summed E-state index contributed by atoms with van der Waals surface area (Å²) in [4.78, 5) is 0. The minimum atomic E-state index is -1.31. The maximum absolute atomic E-state index is 10.5. The van der Waals surface area contributed by atoms with Crippen molar-refractivity contribution in [3.63, 3.8) is 0 Å². The van der Waals surface area contributed by atoms with Crippen molar-refractivity contribution in [2.75, 3.05) is 6.61 Å². The average molecular weight is 217 g/mol. The monoisotopic (exact) mass is 217 g/mol. The third kappa shape index (κ3) is 2.92. The molecule has 0 aromatic carbocycles. The Hall–Kier alpha value is -0.120. The molecule has 0 saturated carbocycles. The molecule has 0 spiro atoms. The molecule has 0 aromatic rings. The van der Waals surface area contributed by atoms with Crippen LogP contribution >= 0.6 is 0 Å². The van der Waals surface area contributed by atoms with Gasteiger partial charge in [-0.3, -0.25) is 0 Å². The molecule has 0 aliphatic rings. The van der Waals surface area contributed by atoms with Crippen LogP contribution in [0.15, 0.2) is 0 Å². The van der Waals surface area contributed by atoms with Crippen LogP contribution in [0.3, 0.4) is 0 Å². The lowest BCUT2D eigenvalue weighted by Crippen LogP contribution is -2.58. The van der Waals surface area contributed by atoms with Crippen molar-refractivity contribution in [3.05, 3.63) is 6.42 Å². The van der Waals surface area contributed by atoms with Gasteiger partial charge >= 0.3 is 0 Å². The number of aliphatic hydroxyl groups excluding tert-OH is 1. The van der Waals surface area contributed by atoms with Gasteiger partial charge in [0, 0.05) is 12.5 Å². The van der Waals surface area contributed by atoms with Gasteiger partial charge in [0.1, 0.15) is 5.60 Å². The van der Waals surface area contributed by atoms with Crippen LogP contribution in [-0.2, 0) is 0 Å². The van der Waals surface area contributed by atoms with Gasteiger partial charge in [0.2, 0.25) is 0 Å². The summed E-state index contributed by atoms with van der Waals surface area (Å²) in [5, 5.41) is 30.0. The normalized spacial score (nSPS) is 21.8. The van der Waals surface area contributed by atoms with Gasteiger partial charge in [-0.05, 0) is 26.2 Å².